The highest BCUT2D eigenvalue weighted by Crippen LogP contribution is 2.39. The zero-order chi connectivity index (χ0) is 11.7. The van der Waals surface area contributed by atoms with Gasteiger partial charge in [-0.05, 0) is 18.1 Å². The molecule has 1 saturated heterocycles. The van der Waals surface area contributed by atoms with E-state index in [4.69, 9.17) is 9.47 Å². The minimum absolute atomic E-state index is 0.350. The van der Waals surface area contributed by atoms with Crippen LogP contribution in [0.3, 0.4) is 0 Å². The van der Waals surface area contributed by atoms with Gasteiger partial charge in [-0.3, -0.25) is 0 Å². The number of aromatic hydroxyl groups is 1. The van der Waals surface area contributed by atoms with Gasteiger partial charge in [0.1, 0.15) is 5.75 Å². The summed E-state index contributed by atoms with van der Waals surface area (Å²) in [5.41, 5.74) is 2.12. The third-order valence-corrected chi connectivity index (χ3v) is 3.50. The van der Waals surface area contributed by atoms with Crippen molar-refractivity contribution in [3.63, 3.8) is 0 Å². The van der Waals surface area contributed by atoms with E-state index < -0.39 is 0 Å². The summed E-state index contributed by atoms with van der Waals surface area (Å²) < 4.78 is 11.3. The first-order chi connectivity index (χ1) is 8.29. The maximum atomic E-state index is 9.82. The first-order valence-corrected chi connectivity index (χ1v) is 6.04. The average Bonchev–Trinajstić information content (AvgIpc) is 2.80. The van der Waals surface area contributed by atoms with Gasteiger partial charge in [-0.2, -0.15) is 0 Å². The van der Waals surface area contributed by atoms with Gasteiger partial charge >= 0.3 is 0 Å². The predicted molar refractivity (Wildman–Crippen MR) is 64.6 cm³/mol. The molecular formula is C14H16O3. The molecule has 0 atom stereocenters. The highest BCUT2D eigenvalue weighted by Gasteiger charge is 2.37. The molecule has 17 heavy (non-hydrogen) atoms. The molecule has 1 heterocycles. The van der Waals surface area contributed by atoms with Crippen LogP contribution in [0.1, 0.15) is 24.8 Å². The normalized spacial score (nSPS) is 22.7. The summed E-state index contributed by atoms with van der Waals surface area (Å²) in [5.74, 6) is -0.0311. The van der Waals surface area contributed by atoms with Crippen LogP contribution in [0, 0.1) is 0 Å². The molecular weight excluding hydrogens is 216 g/mol. The Morgan fingerprint density at radius 2 is 1.88 bits per heavy atom. The first kappa shape index (κ1) is 10.8. The summed E-state index contributed by atoms with van der Waals surface area (Å²) in [6.45, 7) is 1.39. The van der Waals surface area contributed by atoms with Crippen molar-refractivity contribution in [3.8, 4) is 5.75 Å². The van der Waals surface area contributed by atoms with Crippen LogP contribution < -0.4 is 0 Å². The van der Waals surface area contributed by atoms with Crippen molar-refractivity contribution < 1.29 is 14.6 Å². The lowest BCUT2D eigenvalue weighted by Gasteiger charge is -2.30. The summed E-state index contributed by atoms with van der Waals surface area (Å²) in [6.07, 6.45) is 4.66. The largest absolute Gasteiger partial charge is 0.507 e. The molecule has 0 unspecified atom stereocenters. The molecule has 3 heteroatoms. The van der Waals surface area contributed by atoms with E-state index in [1.54, 1.807) is 6.07 Å². The van der Waals surface area contributed by atoms with Crippen molar-refractivity contribution in [2.45, 2.75) is 25.0 Å². The summed E-state index contributed by atoms with van der Waals surface area (Å²) in [4.78, 5) is 0. The average molecular weight is 232 g/mol. The molecule has 0 aromatic heterocycles. The summed E-state index contributed by atoms with van der Waals surface area (Å²) in [5, 5.41) is 9.82. The van der Waals surface area contributed by atoms with Crippen LogP contribution in [-0.2, 0) is 9.47 Å². The lowest BCUT2D eigenvalue weighted by atomic mass is 9.89. The molecule has 3 nitrogen and oxygen atoms in total. The third kappa shape index (κ3) is 1.96. The highest BCUT2D eigenvalue weighted by molar-refractivity contribution is 5.70. The van der Waals surface area contributed by atoms with Crippen molar-refractivity contribution in [1.82, 2.24) is 0 Å². The standard InChI is InChI=1S/C14H16O3/c15-13-4-2-1-3-12(13)11-5-7-14(8-6-11)16-9-10-17-14/h1-5,15H,6-10H2. The molecule has 0 radical (unpaired) electrons. The fourth-order valence-electron chi connectivity index (χ4n) is 2.56. The summed E-state index contributed by atoms with van der Waals surface area (Å²) in [7, 11) is 0. The van der Waals surface area contributed by atoms with E-state index in [0.717, 1.165) is 24.8 Å². The highest BCUT2D eigenvalue weighted by atomic mass is 16.7. The van der Waals surface area contributed by atoms with Crippen LogP contribution >= 0.6 is 0 Å². The second-order valence-corrected chi connectivity index (χ2v) is 4.56. The Bertz CT molecular complexity index is 445. The number of phenols is 1. The van der Waals surface area contributed by atoms with Crippen LogP contribution in [0.4, 0.5) is 0 Å². The molecule has 2 aliphatic rings. The quantitative estimate of drug-likeness (QED) is 0.809. The molecule has 90 valence electrons. The second-order valence-electron chi connectivity index (χ2n) is 4.56. The zero-order valence-corrected chi connectivity index (χ0v) is 9.69. The Balaban J connectivity index is 1.83. The molecule has 0 saturated carbocycles. The van der Waals surface area contributed by atoms with E-state index in [2.05, 4.69) is 6.08 Å². The van der Waals surface area contributed by atoms with Gasteiger partial charge in [0.05, 0.1) is 13.2 Å². The van der Waals surface area contributed by atoms with Crippen LogP contribution in [0.5, 0.6) is 5.75 Å². The van der Waals surface area contributed by atoms with Gasteiger partial charge in [-0.25, -0.2) is 0 Å². The second kappa shape index (κ2) is 4.17. The Kier molecular flexibility index (Phi) is 2.65. The lowest BCUT2D eigenvalue weighted by molar-refractivity contribution is -0.159. The number of hydrogen-bond donors (Lipinski definition) is 1. The summed E-state index contributed by atoms with van der Waals surface area (Å²) >= 11 is 0. The van der Waals surface area contributed by atoms with Crippen LogP contribution in [0.2, 0.25) is 0 Å². The molecule has 0 amide bonds. The minimum Gasteiger partial charge on any atom is -0.507 e. The van der Waals surface area contributed by atoms with Gasteiger partial charge < -0.3 is 14.6 Å². The fourth-order valence-corrected chi connectivity index (χ4v) is 2.56. The SMILES string of the molecule is Oc1ccccc1C1=CCC2(CC1)OCCO2. The molecule has 3 rings (SSSR count). The topological polar surface area (TPSA) is 38.7 Å². The molecule has 1 aliphatic heterocycles. The Morgan fingerprint density at radius 1 is 1.12 bits per heavy atom. The number of allylic oxidation sites excluding steroid dienone is 1. The third-order valence-electron chi connectivity index (χ3n) is 3.50. The predicted octanol–water partition coefficient (Wildman–Crippen LogP) is 2.70. The van der Waals surface area contributed by atoms with E-state index in [9.17, 15) is 5.11 Å². The zero-order valence-electron chi connectivity index (χ0n) is 9.69. The van der Waals surface area contributed by atoms with Gasteiger partial charge in [0, 0.05) is 18.4 Å². The van der Waals surface area contributed by atoms with E-state index in [1.165, 1.54) is 5.57 Å². The molecule has 1 N–H and O–H groups in total. The van der Waals surface area contributed by atoms with Crippen molar-refractivity contribution in [2.75, 3.05) is 13.2 Å². The molecule has 1 spiro atoms. The van der Waals surface area contributed by atoms with Crippen LogP contribution in [0.25, 0.3) is 5.57 Å². The van der Waals surface area contributed by atoms with Gasteiger partial charge in [0.15, 0.2) is 5.79 Å². The number of rotatable bonds is 1. The minimum atomic E-state index is -0.381. The lowest BCUT2D eigenvalue weighted by Crippen LogP contribution is -2.31. The molecule has 1 aromatic rings. The molecule has 1 fully saturated rings. The van der Waals surface area contributed by atoms with E-state index in [0.29, 0.717) is 19.0 Å². The van der Waals surface area contributed by atoms with E-state index in [-0.39, 0.29) is 5.79 Å². The number of hydrogen-bond acceptors (Lipinski definition) is 3. The number of para-hydroxylation sites is 1. The van der Waals surface area contributed by atoms with E-state index in [1.807, 2.05) is 18.2 Å². The fraction of sp³-hybridized carbons (Fsp3) is 0.429. The Morgan fingerprint density at radius 3 is 2.53 bits per heavy atom. The van der Waals surface area contributed by atoms with Crippen molar-refractivity contribution in [3.05, 3.63) is 35.9 Å². The molecule has 1 aliphatic carbocycles. The van der Waals surface area contributed by atoms with Gasteiger partial charge in [-0.15, -0.1) is 0 Å². The maximum Gasteiger partial charge on any atom is 0.172 e. The Labute approximate surface area is 101 Å². The van der Waals surface area contributed by atoms with Gasteiger partial charge in [0.2, 0.25) is 0 Å². The smallest absolute Gasteiger partial charge is 0.172 e. The van der Waals surface area contributed by atoms with Crippen molar-refractivity contribution in [1.29, 1.82) is 0 Å². The molecule has 0 bridgehead atoms. The van der Waals surface area contributed by atoms with Gasteiger partial charge in [-0.1, -0.05) is 24.3 Å². The summed E-state index contributed by atoms with van der Waals surface area (Å²) in [6, 6.07) is 7.47. The van der Waals surface area contributed by atoms with E-state index >= 15 is 0 Å². The number of benzene rings is 1. The van der Waals surface area contributed by atoms with Crippen LogP contribution in [-0.4, -0.2) is 24.1 Å². The van der Waals surface area contributed by atoms with Gasteiger partial charge in [0.25, 0.3) is 0 Å². The molecule has 1 aromatic carbocycles. The maximum absolute atomic E-state index is 9.82. The van der Waals surface area contributed by atoms with Crippen molar-refractivity contribution in [2.24, 2.45) is 0 Å². The first-order valence-electron chi connectivity index (χ1n) is 6.04. The van der Waals surface area contributed by atoms with Crippen molar-refractivity contribution >= 4 is 5.57 Å². The number of ether oxygens (including phenoxy) is 2. The monoisotopic (exact) mass is 232 g/mol. The Hall–Kier alpha value is -1.32. The van der Waals surface area contributed by atoms with Crippen LogP contribution in [0.15, 0.2) is 30.3 Å². The number of phenolic OH excluding ortho intramolecular Hbond substituents is 1.